The number of hydrogen-bond acceptors (Lipinski definition) is 2. The first-order valence-corrected chi connectivity index (χ1v) is 3.32. The third-order valence-corrected chi connectivity index (χ3v) is 2.15. The van der Waals surface area contributed by atoms with Gasteiger partial charge in [-0.1, -0.05) is 0 Å². The molecule has 1 rings (SSSR count). The van der Waals surface area contributed by atoms with Crippen molar-refractivity contribution in [3.05, 3.63) is 0 Å². The first-order chi connectivity index (χ1) is 4.33. The highest BCUT2D eigenvalue weighted by molar-refractivity contribution is 5.51. The minimum absolute atomic E-state index is 0.0538. The van der Waals surface area contributed by atoms with Gasteiger partial charge < -0.3 is 9.53 Å². The molecule has 0 aromatic heterocycles. The van der Waals surface area contributed by atoms with Crippen LogP contribution in [0.3, 0.4) is 0 Å². The molecule has 0 atom stereocenters. The maximum atomic E-state index is 10.1. The SMILES string of the molecule is COC1(CC=O)CCC1. The van der Waals surface area contributed by atoms with Gasteiger partial charge in [-0.3, -0.25) is 0 Å². The molecular weight excluding hydrogens is 116 g/mol. The van der Waals surface area contributed by atoms with E-state index >= 15 is 0 Å². The molecule has 2 heteroatoms. The van der Waals surface area contributed by atoms with E-state index in [9.17, 15) is 4.79 Å². The minimum atomic E-state index is -0.0538. The minimum Gasteiger partial charge on any atom is -0.378 e. The van der Waals surface area contributed by atoms with Crippen molar-refractivity contribution in [3.8, 4) is 0 Å². The highest BCUT2D eigenvalue weighted by Gasteiger charge is 2.36. The molecule has 0 bridgehead atoms. The summed E-state index contributed by atoms with van der Waals surface area (Å²) in [6.07, 6.45) is 4.85. The second-order valence-corrected chi connectivity index (χ2v) is 2.61. The van der Waals surface area contributed by atoms with E-state index in [2.05, 4.69) is 0 Å². The third kappa shape index (κ3) is 1.13. The summed E-state index contributed by atoms with van der Waals surface area (Å²) in [5.41, 5.74) is -0.0538. The fourth-order valence-corrected chi connectivity index (χ4v) is 1.21. The van der Waals surface area contributed by atoms with Gasteiger partial charge in [0.25, 0.3) is 0 Å². The van der Waals surface area contributed by atoms with Crippen LogP contribution in [0.5, 0.6) is 0 Å². The van der Waals surface area contributed by atoms with Gasteiger partial charge >= 0.3 is 0 Å². The highest BCUT2D eigenvalue weighted by atomic mass is 16.5. The third-order valence-electron chi connectivity index (χ3n) is 2.15. The normalized spacial score (nSPS) is 22.8. The molecule has 0 unspecified atom stereocenters. The van der Waals surface area contributed by atoms with E-state index in [4.69, 9.17) is 4.74 Å². The fraction of sp³-hybridized carbons (Fsp3) is 0.857. The quantitative estimate of drug-likeness (QED) is 0.533. The molecule has 0 aromatic carbocycles. The molecule has 2 nitrogen and oxygen atoms in total. The molecule has 52 valence electrons. The smallest absolute Gasteiger partial charge is 0.122 e. The number of carbonyl (C=O) groups is 1. The number of hydrogen-bond donors (Lipinski definition) is 0. The lowest BCUT2D eigenvalue weighted by atomic mass is 9.78. The molecule has 0 heterocycles. The lowest BCUT2D eigenvalue weighted by molar-refractivity contribution is -0.121. The van der Waals surface area contributed by atoms with E-state index in [0.29, 0.717) is 6.42 Å². The van der Waals surface area contributed by atoms with Crippen LogP contribution in [0, 0.1) is 0 Å². The molecule has 1 aliphatic carbocycles. The van der Waals surface area contributed by atoms with Crippen LogP contribution in [0.1, 0.15) is 25.7 Å². The van der Waals surface area contributed by atoms with Gasteiger partial charge in [-0.15, -0.1) is 0 Å². The Kier molecular flexibility index (Phi) is 1.86. The fourth-order valence-electron chi connectivity index (χ4n) is 1.21. The summed E-state index contributed by atoms with van der Waals surface area (Å²) in [5, 5.41) is 0. The Hall–Kier alpha value is -0.370. The summed E-state index contributed by atoms with van der Waals surface area (Å²) in [6.45, 7) is 0. The van der Waals surface area contributed by atoms with E-state index in [-0.39, 0.29) is 5.60 Å². The van der Waals surface area contributed by atoms with Gasteiger partial charge in [-0.05, 0) is 19.3 Å². The van der Waals surface area contributed by atoms with Crippen LogP contribution >= 0.6 is 0 Å². The van der Waals surface area contributed by atoms with Crippen LogP contribution in [0.2, 0.25) is 0 Å². The molecule has 1 fully saturated rings. The summed E-state index contributed by atoms with van der Waals surface area (Å²) < 4.78 is 5.18. The molecular formula is C7H12O2. The van der Waals surface area contributed by atoms with Crippen LogP contribution in [-0.4, -0.2) is 19.0 Å². The van der Waals surface area contributed by atoms with Gasteiger partial charge in [-0.2, -0.15) is 0 Å². The zero-order chi connectivity index (χ0) is 6.74. The summed E-state index contributed by atoms with van der Waals surface area (Å²) in [6, 6.07) is 0. The van der Waals surface area contributed by atoms with Crippen LogP contribution in [-0.2, 0) is 9.53 Å². The predicted molar refractivity (Wildman–Crippen MR) is 34.3 cm³/mol. The zero-order valence-electron chi connectivity index (χ0n) is 5.72. The van der Waals surface area contributed by atoms with Crippen molar-refractivity contribution in [3.63, 3.8) is 0 Å². The Balaban J connectivity index is 2.36. The lowest BCUT2D eigenvalue weighted by Gasteiger charge is -2.38. The van der Waals surface area contributed by atoms with Gasteiger partial charge in [0, 0.05) is 13.5 Å². The molecule has 0 amide bonds. The largest absolute Gasteiger partial charge is 0.378 e. The number of carbonyl (C=O) groups excluding carboxylic acids is 1. The van der Waals surface area contributed by atoms with Gasteiger partial charge in [0.05, 0.1) is 5.60 Å². The van der Waals surface area contributed by atoms with Crippen molar-refractivity contribution in [2.45, 2.75) is 31.3 Å². The van der Waals surface area contributed by atoms with Crippen molar-refractivity contribution >= 4 is 6.29 Å². The molecule has 1 aliphatic rings. The van der Waals surface area contributed by atoms with Crippen molar-refractivity contribution in [2.24, 2.45) is 0 Å². The van der Waals surface area contributed by atoms with Gasteiger partial charge in [0.2, 0.25) is 0 Å². The van der Waals surface area contributed by atoms with E-state index < -0.39 is 0 Å². The Labute approximate surface area is 55.2 Å². The first kappa shape index (κ1) is 6.75. The molecule has 0 N–H and O–H groups in total. The highest BCUT2D eigenvalue weighted by Crippen LogP contribution is 2.36. The van der Waals surface area contributed by atoms with Crippen LogP contribution in [0.15, 0.2) is 0 Å². The van der Waals surface area contributed by atoms with E-state index in [1.54, 1.807) is 7.11 Å². The van der Waals surface area contributed by atoms with Crippen molar-refractivity contribution in [2.75, 3.05) is 7.11 Å². The zero-order valence-corrected chi connectivity index (χ0v) is 5.72. The summed E-state index contributed by atoms with van der Waals surface area (Å²) in [7, 11) is 1.68. The predicted octanol–water partition coefficient (Wildman–Crippen LogP) is 1.14. The topological polar surface area (TPSA) is 26.3 Å². The van der Waals surface area contributed by atoms with E-state index in [1.807, 2.05) is 0 Å². The molecule has 0 aliphatic heterocycles. The monoisotopic (exact) mass is 128 g/mol. The van der Waals surface area contributed by atoms with Crippen LogP contribution < -0.4 is 0 Å². The Morgan fingerprint density at radius 2 is 2.33 bits per heavy atom. The number of methoxy groups -OCH3 is 1. The van der Waals surface area contributed by atoms with Gasteiger partial charge in [0.1, 0.15) is 6.29 Å². The average Bonchev–Trinajstić information content (AvgIpc) is 1.79. The second kappa shape index (κ2) is 2.48. The van der Waals surface area contributed by atoms with Crippen LogP contribution in [0.25, 0.3) is 0 Å². The molecule has 0 spiro atoms. The Bertz CT molecular complexity index is 100.0. The second-order valence-electron chi connectivity index (χ2n) is 2.61. The number of ether oxygens (including phenoxy) is 1. The lowest BCUT2D eigenvalue weighted by Crippen LogP contribution is -2.39. The average molecular weight is 128 g/mol. The summed E-state index contributed by atoms with van der Waals surface area (Å²) >= 11 is 0. The molecule has 0 saturated heterocycles. The Morgan fingerprint density at radius 1 is 1.67 bits per heavy atom. The number of aldehydes is 1. The summed E-state index contributed by atoms with van der Waals surface area (Å²) in [4.78, 5) is 10.1. The molecule has 9 heavy (non-hydrogen) atoms. The Morgan fingerprint density at radius 3 is 2.44 bits per heavy atom. The van der Waals surface area contributed by atoms with E-state index in [1.165, 1.54) is 6.42 Å². The standard InChI is InChI=1S/C7H12O2/c1-9-7(5-6-8)3-2-4-7/h6H,2-5H2,1H3. The van der Waals surface area contributed by atoms with Gasteiger partial charge in [-0.25, -0.2) is 0 Å². The molecule has 1 saturated carbocycles. The maximum Gasteiger partial charge on any atom is 0.122 e. The first-order valence-electron chi connectivity index (χ1n) is 3.32. The van der Waals surface area contributed by atoms with Crippen molar-refractivity contribution in [1.29, 1.82) is 0 Å². The van der Waals surface area contributed by atoms with Crippen LogP contribution in [0.4, 0.5) is 0 Å². The van der Waals surface area contributed by atoms with Crippen molar-refractivity contribution in [1.82, 2.24) is 0 Å². The van der Waals surface area contributed by atoms with E-state index in [0.717, 1.165) is 19.1 Å². The maximum absolute atomic E-state index is 10.1. The van der Waals surface area contributed by atoms with Crippen molar-refractivity contribution < 1.29 is 9.53 Å². The molecule has 0 aromatic rings. The molecule has 0 radical (unpaired) electrons. The van der Waals surface area contributed by atoms with Gasteiger partial charge in [0.15, 0.2) is 0 Å². The summed E-state index contributed by atoms with van der Waals surface area (Å²) in [5.74, 6) is 0. The number of rotatable bonds is 3.